The summed E-state index contributed by atoms with van der Waals surface area (Å²) in [5, 5.41) is 18.3. The molecule has 0 aliphatic rings. The minimum absolute atomic E-state index is 0.0662. The van der Waals surface area contributed by atoms with Gasteiger partial charge in [0.15, 0.2) is 10.9 Å². The number of benzene rings is 1. The molecule has 31 heavy (non-hydrogen) atoms. The minimum Gasteiger partial charge on any atom is -0.508 e. The van der Waals surface area contributed by atoms with E-state index in [-0.39, 0.29) is 37.0 Å². The van der Waals surface area contributed by atoms with E-state index < -0.39 is 19.3 Å². The minimum atomic E-state index is -3.66. The van der Waals surface area contributed by atoms with Crippen molar-refractivity contribution in [1.29, 1.82) is 0 Å². The van der Waals surface area contributed by atoms with Crippen molar-refractivity contribution in [2.24, 2.45) is 5.16 Å². The number of carbonyl (C=O) groups is 1. The number of rotatable bonds is 12. The summed E-state index contributed by atoms with van der Waals surface area (Å²) in [5.74, 6) is -1.51. The molecule has 0 radical (unpaired) electrons. The Hall–Kier alpha value is -2.46. The zero-order valence-electron chi connectivity index (χ0n) is 17.7. The first-order valence-corrected chi connectivity index (χ1v) is 12.1. The van der Waals surface area contributed by atoms with Crippen LogP contribution >= 0.6 is 18.9 Å². The second-order valence-electron chi connectivity index (χ2n) is 5.89. The van der Waals surface area contributed by atoms with Crippen molar-refractivity contribution in [1.82, 2.24) is 4.98 Å². The molecule has 0 saturated carbocycles. The van der Waals surface area contributed by atoms with Crippen LogP contribution in [0.25, 0.3) is 0 Å². The fourth-order valence-corrected chi connectivity index (χ4v) is 5.31. The van der Waals surface area contributed by atoms with Gasteiger partial charge in [0.2, 0.25) is 5.71 Å². The van der Waals surface area contributed by atoms with E-state index in [1.54, 1.807) is 38.3 Å². The standard InChI is InChI=1S/C19H26N3O7PS/c1-5-27-18(24)16(22-26-4)15-12-31-19(20-15)21-17(13-8-10-14(23)11-9-13)30(25,28-6-2)29-7-3/h8-12,17,23H,5-7H2,1-4H3,(H,20,21)/b22-16+. The van der Waals surface area contributed by atoms with Crippen molar-refractivity contribution in [3.05, 3.63) is 40.9 Å². The van der Waals surface area contributed by atoms with E-state index >= 15 is 0 Å². The first kappa shape index (κ1) is 24.8. The Morgan fingerprint density at radius 1 is 1.19 bits per heavy atom. The molecule has 12 heteroatoms. The first-order valence-electron chi connectivity index (χ1n) is 9.56. The average molecular weight is 471 g/mol. The normalized spacial score (nSPS) is 13.0. The molecule has 170 valence electrons. The summed E-state index contributed by atoms with van der Waals surface area (Å²) in [6, 6.07) is 6.18. The Labute approximate surface area is 184 Å². The van der Waals surface area contributed by atoms with Gasteiger partial charge in [-0.15, -0.1) is 11.3 Å². The highest BCUT2D eigenvalue weighted by molar-refractivity contribution is 7.54. The van der Waals surface area contributed by atoms with E-state index in [2.05, 4.69) is 15.5 Å². The Morgan fingerprint density at radius 2 is 1.84 bits per heavy atom. The summed E-state index contributed by atoms with van der Waals surface area (Å²) in [6.07, 6.45) is 0. The van der Waals surface area contributed by atoms with Crippen molar-refractivity contribution in [2.75, 3.05) is 32.2 Å². The number of phenols is 1. The summed E-state index contributed by atoms with van der Waals surface area (Å²) in [4.78, 5) is 21.3. The van der Waals surface area contributed by atoms with E-state index in [1.807, 2.05) is 0 Å². The van der Waals surface area contributed by atoms with Crippen molar-refractivity contribution in [3.8, 4) is 5.75 Å². The molecule has 1 aromatic heterocycles. The third kappa shape index (κ3) is 6.51. The number of aromatic nitrogens is 1. The molecule has 1 heterocycles. The number of carbonyl (C=O) groups excluding carboxylic acids is 1. The van der Waals surface area contributed by atoms with Crippen LogP contribution in [0.4, 0.5) is 5.13 Å². The van der Waals surface area contributed by atoms with Gasteiger partial charge in [-0.3, -0.25) is 4.57 Å². The highest BCUT2D eigenvalue weighted by Crippen LogP contribution is 2.61. The number of hydrogen-bond donors (Lipinski definition) is 2. The lowest BCUT2D eigenvalue weighted by Crippen LogP contribution is -2.20. The monoisotopic (exact) mass is 471 g/mol. The van der Waals surface area contributed by atoms with Gasteiger partial charge < -0.3 is 29.0 Å². The van der Waals surface area contributed by atoms with Gasteiger partial charge in [-0.1, -0.05) is 17.3 Å². The lowest BCUT2D eigenvalue weighted by molar-refractivity contribution is -0.135. The summed E-state index contributed by atoms with van der Waals surface area (Å²) in [5.41, 5.74) is 0.712. The third-order valence-corrected chi connectivity index (χ3v) is 6.87. The second-order valence-corrected chi connectivity index (χ2v) is 8.87. The molecule has 0 aliphatic heterocycles. The fraction of sp³-hybridized carbons (Fsp3) is 0.421. The van der Waals surface area contributed by atoms with Crippen LogP contribution < -0.4 is 5.32 Å². The predicted octanol–water partition coefficient (Wildman–Crippen LogP) is 4.14. The molecule has 1 unspecified atom stereocenters. The fourth-order valence-electron chi connectivity index (χ4n) is 2.59. The number of phenolic OH excluding ortho intramolecular Hbond substituents is 1. The Bertz CT molecular complexity index is 923. The number of hydrogen-bond acceptors (Lipinski definition) is 11. The molecule has 1 aromatic carbocycles. The van der Waals surface area contributed by atoms with Gasteiger partial charge in [-0.25, -0.2) is 9.78 Å². The maximum absolute atomic E-state index is 13.5. The summed E-state index contributed by atoms with van der Waals surface area (Å²) >= 11 is 1.17. The van der Waals surface area contributed by atoms with Crippen molar-refractivity contribution in [2.45, 2.75) is 26.6 Å². The van der Waals surface area contributed by atoms with Crippen LogP contribution in [0.15, 0.2) is 34.8 Å². The topological polar surface area (TPSA) is 129 Å². The Morgan fingerprint density at radius 3 is 2.39 bits per heavy atom. The number of nitrogens with one attached hydrogen (secondary N) is 1. The lowest BCUT2D eigenvalue weighted by atomic mass is 10.2. The SMILES string of the molecule is CCOC(=O)/C(=N/OC)c1csc(NC(c2ccc(O)cc2)P(=O)(OCC)OCC)n1. The first-order chi connectivity index (χ1) is 14.9. The maximum Gasteiger partial charge on any atom is 0.362 e. The van der Waals surface area contributed by atoms with Gasteiger partial charge in [0.25, 0.3) is 0 Å². The van der Waals surface area contributed by atoms with Crippen molar-refractivity contribution in [3.63, 3.8) is 0 Å². The number of anilines is 1. The van der Waals surface area contributed by atoms with Crippen molar-refractivity contribution >= 4 is 35.7 Å². The van der Waals surface area contributed by atoms with Crippen LogP contribution in [0.3, 0.4) is 0 Å². The van der Waals surface area contributed by atoms with Crippen LogP contribution in [-0.2, 0) is 28.0 Å². The molecule has 0 bridgehead atoms. The van der Waals surface area contributed by atoms with Crippen molar-refractivity contribution < 1.29 is 33.1 Å². The molecule has 0 amide bonds. The lowest BCUT2D eigenvalue weighted by Gasteiger charge is -2.27. The molecule has 2 rings (SSSR count). The van der Waals surface area contributed by atoms with E-state index in [4.69, 9.17) is 18.6 Å². The average Bonchev–Trinajstić information content (AvgIpc) is 3.20. The molecular weight excluding hydrogens is 445 g/mol. The van der Waals surface area contributed by atoms with Crippen LogP contribution in [-0.4, -0.2) is 48.7 Å². The molecule has 0 spiro atoms. The van der Waals surface area contributed by atoms with Gasteiger partial charge in [-0.05, 0) is 38.5 Å². The largest absolute Gasteiger partial charge is 0.508 e. The third-order valence-electron chi connectivity index (χ3n) is 3.80. The smallest absolute Gasteiger partial charge is 0.362 e. The zero-order valence-corrected chi connectivity index (χ0v) is 19.4. The van der Waals surface area contributed by atoms with Crippen LogP contribution in [0, 0.1) is 0 Å². The molecule has 0 saturated heterocycles. The zero-order chi connectivity index (χ0) is 22.9. The number of esters is 1. The number of oxime groups is 1. The van der Waals surface area contributed by atoms with Crippen LogP contribution in [0.5, 0.6) is 5.75 Å². The van der Waals surface area contributed by atoms with Gasteiger partial charge >= 0.3 is 13.6 Å². The second kappa shape index (κ2) is 11.8. The number of ether oxygens (including phenoxy) is 1. The Kier molecular flexibility index (Phi) is 9.44. The van der Waals surface area contributed by atoms with E-state index in [9.17, 15) is 14.5 Å². The molecule has 10 nitrogen and oxygen atoms in total. The molecular formula is C19H26N3O7PS. The maximum atomic E-state index is 13.5. The molecule has 1 atom stereocenters. The molecule has 2 aromatic rings. The highest BCUT2D eigenvalue weighted by atomic mass is 32.1. The number of nitrogens with zero attached hydrogens (tertiary/aromatic N) is 2. The summed E-state index contributed by atoms with van der Waals surface area (Å²) < 4.78 is 29.6. The van der Waals surface area contributed by atoms with Crippen LogP contribution in [0.1, 0.15) is 37.8 Å². The number of thiazole rings is 1. The van der Waals surface area contributed by atoms with Crippen LogP contribution in [0.2, 0.25) is 0 Å². The Balaban J connectivity index is 2.41. The van der Waals surface area contributed by atoms with E-state index in [0.29, 0.717) is 10.7 Å². The highest BCUT2D eigenvalue weighted by Gasteiger charge is 2.38. The van der Waals surface area contributed by atoms with Gasteiger partial charge in [0, 0.05) is 5.38 Å². The van der Waals surface area contributed by atoms with Gasteiger partial charge in [-0.2, -0.15) is 0 Å². The molecule has 2 N–H and O–H groups in total. The quantitative estimate of drug-likeness (QED) is 0.203. The summed E-state index contributed by atoms with van der Waals surface area (Å²) in [6.45, 7) is 5.62. The molecule has 0 aliphatic carbocycles. The predicted molar refractivity (Wildman–Crippen MR) is 118 cm³/mol. The summed E-state index contributed by atoms with van der Waals surface area (Å²) in [7, 11) is -2.35. The van der Waals surface area contributed by atoms with E-state index in [1.165, 1.54) is 30.6 Å². The molecule has 0 fully saturated rings. The number of aromatic hydroxyl groups is 1. The van der Waals surface area contributed by atoms with Gasteiger partial charge in [0.1, 0.15) is 18.6 Å². The van der Waals surface area contributed by atoms with E-state index in [0.717, 1.165) is 0 Å². The van der Waals surface area contributed by atoms with Gasteiger partial charge in [0.05, 0.1) is 19.8 Å².